The lowest BCUT2D eigenvalue weighted by molar-refractivity contribution is 0.0963. The van der Waals surface area contributed by atoms with Crippen LogP contribution in [-0.4, -0.2) is 25.0 Å². The van der Waals surface area contributed by atoms with Crippen molar-refractivity contribution in [2.75, 3.05) is 13.2 Å². The molecule has 3 nitrogen and oxygen atoms in total. The first-order valence-corrected chi connectivity index (χ1v) is 8.27. The van der Waals surface area contributed by atoms with Gasteiger partial charge in [-0.25, -0.2) is 0 Å². The van der Waals surface area contributed by atoms with Crippen molar-refractivity contribution in [3.05, 3.63) is 29.8 Å². The molecule has 0 radical (unpaired) electrons. The zero-order valence-corrected chi connectivity index (χ0v) is 12.8. The van der Waals surface area contributed by atoms with Gasteiger partial charge in [0, 0.05) is 18.0 Å². The predicted molar refractivity (Wildman–Crippen MR) is 83.8 cm³/mol. The second kappa shape index (κ2) is 6.61. The molecular formula is C18H25NO2. The Labute approximate surface area is 127 Å². The van der Waals surface area contributed by atoms with Gasteiger partial charge in [-0.3, -0.25) is 4.79 Å². The molecule has 3 atom stereocenters. The molecule has 1 saturated heterocycles. The van der Waals surface area contributed by atoms with Crippen LogP contribution in [-0.2, 0) is 0 Å². The fraction of sp³-hybridized carbons (Fsp3) is 0.611. The van der Waals surface area contributed by atoms with Crippen LogP contribution < -0.4 is 10.1 Å². The second-order valence-electron chi connectivity index (χ2n) is 6.37. The van der Waals surface area contributed by atoms with Crippen LogP contribution in [0, 0.1) is 11.8 Å². The maximum absolute atomic E-state index is 12.4. The topological polar surface area (TPSA) is 38.3 Å². The van der Waals surface area contributed by atoms with E-state index in [0.717, 1.165) is 42.7 Å². The molecular weight excluding hydrogens is 262 g/mol. The number of ketones is 1. The van der Waals surface area contributed by atoms with Gasteiger partial charge in [0.2, 0.25) is 0 Å². The van der Waals surface area contributed by atoms with Gasteiger partial charge in [0.05, 0.1) is 6.61 Å². The van der Waals surface area contributed by atoms with E-state index in [1.54, 1.807) is 0 Å². The molecule has 1 saturated carbocycles. The molecule has 3 rings (SSSR count). The van der Waals surface area contributed by atoms with Gasteiger partial charge in [-0.15, -0.1) is 0 Å². The Morgan fingerprint density at radius 2 is 2.10 bits per heavy atom. The van der Waals surface area contributed by atoms with Crippen molar-refractivity contribution in [3.8, 4) is 5.75 Å². The molecule has 1 aliphatic heterocycles. The summed E-state index contributed by atoms with van der Waals surface area (Å²) in [7, 11) is 0. The SMILES string of the molecule is CCCOc1ccc(C(=O)CC2NCC3CCCC32)cc1. The van der Waals surface area contributed by atoms with Crippen LogP contribution in [0.25, 0.3) is 0 Å². The molecule has 1 N–H and O–H groups in total. The third-order valence-electron chi connectivity index (χ3n) is 4.93. The van der Waals surface area contributed by atoms with E-state index in [1.165, 1.54) is 19.3 Å². The van der Waals surface area contributed by atoms with E-state index >= 15 is 0 Å². The summed E-state index contributed by atoms with van der Waals surface area (Å²) in [5.41, 5.74) is 0.807. The Kier molecular flexibility index (Phi) is 4.59. The molecule has 114 valence electrons. The Hall–Kier alpha value is -1.35. The molecule has 0 amide bonds. The number of benzene rings is 1. The van der Waals surface area contributed by atoms with E-state index in [2.05, 4.69) is 12.2 Å². The standard InChI is InChI=1S/C18H25NO2/c1-2-10-21-15-8-6-13(7-9-15)18(20)11-17-16-5-3-4-14(16)12-19-17/h6-9,14,16-17,19H,2-5,10-12H2,1H3. The van der Waals surface area contributed by atoms with Crippen LogP contribution in [0.1, 0.15) is 49.4 Å². The van der Waals surface area contributed by atoms with Crippen molar-refractivity contribution in [1.29, 1.82) is 0 Å². The van der Waals surface area contributed by atoms with Crippen molar-refractivity contribution in [1.82, 2.24) is 5.32 Å². The number of hydrogen-bond acceptors (Lipinski definition) is 3. The predicted octanol–water partition coefficient (Wildman–Crippen LogP) is 3.44. The monoisotopic (exact) mass is 287 g/mol. The number of ether oxygens (including phenoxy) is 1. The van der Waals surface area contributed by atoms with Crippen LogP contribution in [0.15, 0.2) is 24.3 Å². The van der Waals surface area contributed by atoms with Gasteiger partial charge in [-0.2, -0.15) is 0 Å². The summed E-state index contributed by atoms with van der Waals surface area (Å²) in [6.07, 6.45) is 5.60. The lowest BCUT2D eigenvalue weighted by Crippen LogP contribution is -2.29. The van der Waals surface area contributed by atoms with Crippen LogP contribution >= 0.6 is 0 Å². The lowest BCUT2D eigenvalue weighted by atomic mass is 9.90. The molecule has 3 heteroatoms. The van der Waals surface area contributed by atoms with Gasteiger partial charge in [-0.1, -0.05) is 13.3 Å². The first-order chi connectivity index (χ1) is 10.3. The van der Waals surface area contributed by atoms with Gasteiger partial charge in [0.15, 0.2) is 5.78 Å². The molecule has 1 aromatic rings. The average Bonchev–Trinajstić information content (AvgIpc) is 3.10. The van der Waals surface area contributed by atoms with Gasteiger partial charge >= 0.3 is 0 Å². The van der Waals surface area contributed by atoms with Crippen LogP contribution in [0.4, 0.5) is 0 Å². The molecule has 2 fully saturated rings. The first kappa shape index (κ1) is 14.6. The Morgan fingerprint density at radius 1 is 1.29 bits per heavy atom. The van der Waals surface area contributed by atoms with Crippen LogP contribution in [0.3, 0.4) is 0 Å². The van der Waals surface area contributed by atoms with Crippen molar-refractivity contribution >= 4 is 5.78 Å². The molecule has 2 aliphatic rings. The number of Topliss-reactive ketones (excluding diaryl/α,β-unsaturated/α-hetero) is 1. The summed E-state index contributed by atoms with van der Waals surface area (Å²) >= 11 is 0. The van der Waals surface area contributed by atoms with Crippen molar-refractivity contribution < 1.29 is 9.53 Å². The molecule has 0 aromatic heterocycles. The third-order valence-corrected chi connectivity index (χ3v) is 4.93. The Balaban J connectivity index is 1.57. The summed E-state index contributed by atoms with van der Waals surface area (Å²) < 4.78 is 5.56. The van der Waals surface area contributed by atoms with Crippen LogP contribution in [0.5, 0.6) is 5.75 Å². The largest absolute Gasteiger partial charge is 0.494 e. The minimum atomic E-state index is 0.252. The van der Waals surface area contributed by atoms with Gasteiger partial charge in [-0.05, 0) is 61.9 Å². The average molecular weight is 287 g/mol. The van der Waals surface area contributed by atoms with E-state index in [4.69, 9.17) is 4.74 Å². The maximum Gasteiger partial charge on any atom is 0.164 e. The number of hydrogen-bond donors (Lipinski definition) is 1. The highest BCUT2D eigenvalue weighted by molar-refractivity contribution is 5.96. The summed E-state index contributed by atoms with van der Waals surface area (Å²) in [5.74, 6) is 2.64. The number of fused-ring (bicyclic) bond motifs is 1. The third kappa shape index (κ3) is 3.29. The summed E-state index contributed by atoms with van der Waals surface area (Å²) in [6.45, 7) is 3.91. The zero-order chi connectivity index (χ0) is 14.7. The number of nitrogens with one attached hydrogen (secondary N) is 1. The fourth-order valence-corrected chi connectivity index (χ4v) is 3.80. The van der Waals surface area contributed by atoms with E-state index in [9.17, 15) is 4.79 Å². The smallest absolute Gasteiger partial charge is 0.164 e. The summed E-state index contributed by atoms with van der Waals surface area (Å²) in [6, 6.07) is 8.00. The second-order valence-corrected chi connectivity index (χ2v) is 6.37. The summed E-state index contributed by atoms with van der Waals surface area (Å²) in [4.78, 5) is 12.4. The van der Waals surface area contributed by atoms with E-state index in [-0.39, 0.29) is 5.78 Å². The Bertz CT molecular complexity index is 482. The molecule has 1 aromatic carbocycles. The van der Waals surface area contributed by atoms with Gasteiger partial charge < -0.3 is 10.1 Å². The van der Waals surface area contributed by atoms with E-state index in [1.807, 2.05) is 24.3 Å². The molecule has 1 heterocycles. The number of rotatable bonds is 6. The fourth-order valence-electron chi connectivity index (χ4n) is 3.80. The minimum absolute atomic E-state index is 0.252. The molecule has 21 heavy (non-hydrogen) atoms. The molecule has 3 unspecified atom stereocenters. The lowest BCUT2D eigenvalue weighted by Gasteiger charge is -2.17. The molecule has 0 spiro atoms. The van der Waals surface area contributed by atoms with E-state index < -0.39 is 0 Å². The number of carbonyl (C=O) groups is 1. The minimum Gasteiger partial charge on any atom is -0.494 e. The quantitative estimate of drug-likeness (QED) is 0.815. The number of carbonyl (C=O) groups excluding carboxylic acids is 1. The van der Waals surface area contributed by atoms with Gasteiger partial charge in [0.1, 0.15) is 5.75 Å². The van der Waals surface area contributed by atoms with Crippen molar-refractivity contribution in [3.63, 3.8) is 0 Å². The van der Waals surface area contributed by atoms with E-state index in [0.29, 0.717) is 12.5 Å². The first-order valence-electron chi connectivity index (χ1n) is 8.27. The zero-order valence-electron chi connectivity index (χ0n) is 12.8. The van der Waals surface area contributed by atoms with Crippen molar-refractivity contribution in [2.24, 2.45) is 11.8 Å². The van der Waals surface area contributed by atoms with Gasteiger partial charge in [0.25, 0.3) is 0 Å². The molecule has 1 aliphatic carbocycles. The molecule has 0 bridgehead atoms. The normalized spacial score (nSPS) is 27.6. The van der Waals surface area contributed by atoms with Crippen LogP contribution in [0.2, 0.25) is 0 Å². The van der Waals surface area contributed by atoms with Crippen molar-refractivity contribution in [2.45, 2.75) is 45.1 Å². The highest BCUT2D eigenvalue weighted by Crippen LogP contribution is 2.39. The Morgan fingerprint density at radius 3 is 2.86 bits per heavy atom. The highest BCUT2D eigenvalue weighted by atomic mass is 16.5. The summed E-state index contributed by atoms with van der Waals surface area (Å²) in [5, 5.41) is 3.55. The maximum atomic E-state index is 12.4. The highest BCUT2D eigenvalue weighted by Gasteiger charge is 2.39.